The van der Waals surface area contributed by atoms with Gasteiger partial charge in [0, 0.05) is 12.4 Å². The first-order valence-electron chi connectivity index (χ1n) is 3.87. The molecular weight excluding hydrogens is 204 g/mol. The minimum Gasteiger partial charge on any atom is -0.490 e. The summed E-state index contributed by atoms with van der Waals surface area (Å²) >= 11 is 5.83. The van der Waals surface area contributed by atoms with Crippen LogP contribution in [0.5, 0.6) is 5.75 Å². The molecule has 0 radical (unpaired) electrons. The highest BCUT2D eigenvalue weighted by Crippen LogP contribution is 2.26. The minimum absolute atomic E-state index is 0.271. The van der Waals surface area contributed by atoms with Crippen molar-refractivity contribution in [1.29, 1.82) is 0 Å². The third kappa shape index (κ3) is 1.42. The van der Waals surface area contributed by atoms with E-state index in [4.69, 9.17) is 16.3 Å². The van der Waals surface area contributed by atoms with E-state index in [2.05, 4.69) is 15.1 Å². The van der Waals surface area contributed by atoms with Crippen LogP contribution in [0.15, 0.2) is 24.8 Å². The lowest BCUT2D eigenvalue weighted by Gasteiger charge is -2.07. The molecule has 2 heterocycles. The summed E-state index contributed by atoms with van der Waals surface area (Å²) in [6, 6.07) is 1.79. The fraction of sp³-hybridized carbons (Fsp3) is 0.125. The molecule has 0 saturated carbocycles. The van der Waals surface area contributed by atoms with Crippen LogP contribution in [0.1, 0.15) is 0 Å². The second-order valence-electron chi connectivity index (χ2n) is 2.47. The molecule has 2 rings (SSSR count). The van der Waals surface area contributed by atoms with Gasteiger partial charge in [-0.2, -0.15) is 5.10 Å². The fourth-order valence-electron chi connectivity index (χ4n) is 1.08. The van der Waals surface area contributed by atoms with Gasteiger partial charge in [-0.15, -0.1) is 0 Å². The molecule has 0 N–H and O–H groups in total. The van der Waals surface area contributed by atoms with E-state index in [0.717, 1.165) is 0 Å². The molecule has 0 aliphatic carbocycles. The molecule has 0 spiro atoms. The number of aromatic nitrogens is 4. The quantitative estimate of drug-likeness (QED) is 0.702. The zero-order chi connectivity index (χ0) is 9.97. The predicted molar refractivity (Wildman–Crippen MR) is 50.7 cm³/mol. The van der Waals surface area contributed by atoms with Crippen LogP contribution < -0.4 is 4.74 Å². The Morgan fingerprint density at radius 1 is 1.43 bits per heavy atom. The summed E-state index contributed by atoms with van der Waals surface area (Å²) < 4.78 is 6.64. The average Bonchev–Trinajstić information content (AvgIpc) is 2.70. The number of hydrogen-bond acceptors (Lipinski definition) is 4. The minimum atomic E-state index is 0.271. The van der Waals surface area contributed by atoms with Crippen LogP contribution in [-0.2, 0) is 0 Å². The van der Waals surface area contributed by atoms with Gasteiger partial charge in [-0.3, -0.25) is 0 Å². The van der Waals surface area contributed by atoms with Gasteiger partial charge in [-0.1, -0.05) is 11.6 Å². The van der Waals surface area contributed by atoms with Crippen molar-refractivity contribution in [3.05, 3.63) is 29.9 Å². The van der Waals surface area contributed by atoms with Gasteiger partial charge in [0.05, 0.1) is 7.11 Å². The number of nitrogens with zero attached hydrogens (tertiary/aromatic N) is 4. The first-order valence-corrected chi connectivity index (χ1v) is 4.25. The van der Waals surface area contributed by atoms with Gasteiger partial charge in [0.2, 0.25) is 11.6 Å². The van der Waals surface area contributed by atoms with E-state index in [1.54, 1.807) is 23.1 Å². The zero-order valence-corrected chi connectivity index (χ0v) is 8.14. The summed E-state index contributed by atoms with van der Waals surface area (Å²) in [5, 5.41) is 4.30. The van der Waals surface area contributed by atoms with E-state index in [9.17, 15) is 0 Å². The monoisotopic (exact) mass is 210 g/mol. The third-order valence-corrected chi connectivity index (χ3v) is 1.94. The van der Waals surface area contributed by atoms with Crippen LogP contribution in [0, 0.1) is 0 Å². The van der Waals surface area contributed by atoms with E-state index < -0.39 is 0 Å². The molecule has 5 nitrogen and oxygen atoms in total. The van der Waals surface area contributed by atoms with Crippen molar-refractivity contribution >= 4 is 11.6 Å². The second-order valence-corrected chi connectivity index (χ2v) is 2.83. The molecule has 0 unspecified atom stereocenters. The molecule has 0 aromatic carbocycles. The maximum absolute atomic E-state index is 5.83. The van der Waals surface area contributed by atoms with Crippen molar-refractivity contribution in [1.82, 2.24) is 19.7 Å². The molecule has 0 atom stereocenters. The standard InChI is InChI=1S/C8H7ClN4O/c1-14-6-7(9)10-5-11-8(6)13-4-2-3-12-13/h2-5H,1H3. The van der Waals surface area contributed by atoms with E-state index in [-0.39, 0.29) is 5.15 Å². The third-order valence-electron chi connectivity index (χ3n) is 1.67. The predicted octanol–water partition coefficient (Wildman–Crippen LogP) is 1.32. The van der Waals surface area contributed by atoms with Crippen molar-refractivity contribution in [2.75, 3.05) is 7.11 Å². The van der Waals surface area contributed by atoms with Crippen LogP contribution in [0.3, 0.4) is 0 Å². The number of rotatable bonds is 2. The smallest absolute Gasteiger partial charge is 0.201 e. The number of ether oxygens (including phenoxy) is 1. The van der Waals surface area contributed by atoms with Gasteiger partial charge in [0.1, 0.15) is 6.33 Å². The van der Waals surface area contributed by atoms with E-state index in [1.165, 1.54) is 13.4 Å². The van der Waals surface area contributed by atoms with Crippen molar-refractivity contribution < 1.29 is 4.74 Å². The summed E-state index contributed by atoms with van der Waals surface area (Å²) in [5.41, 5.74) is 0. The summed E-state index contributed by atoms with van der Waals surface area (Å²) in [4.78, 5) is 7.84. The fourth-order valence-corrected chi connectivity index (χ4v) is 1.28. The Labute approximate surface area is 85.3 Å². The molecule has 2 aromatic heterocycles. The lowest BCUT2D eigenvalue weighted by Crippen LogP contribution is -2.02. The Morgan fingerprint density at radius 3 is 2.93 bits per heavy atom. The lowest BCUT2D eigenvalue weighted by molar-refractivity contribution is 0.407. The number of hydrogen-bond donors (Lipinski definition) is 0. The molecule has 0 aliphatic heterocycles. The van der Waals surface area contributed by atoms with E-state index in [1.807, 2.05) is 0 Å². The van der Waals surface area contributed by atoms with Gasteiger partial charge < -0.3 is 4.74 Å². The van der Waals surface area contributed by atoms with Crippen molar-refractivity contribution in [3.8, 4) is 11.6 Å². The van der Waals surface area contributed by atoms with E-state index in [0.29, 0.717) is 11.6 Å². The van der Waals surface area contributed by atoms with Crippen LogP contribution in [0.25, 0.3) is 5.82 Å². The van der Waals surface area contributed by atoms with Crippen LogP contribution in [-0.4, -0.2) is 26.9 Å². The topological polar surface area (TPSA) is 52.8 Å². The maximum atomic E-state index is 5.83. The van der Waals surface area contributed by atoms with Gasteiger partial charge >= 0.3 is 0 Å². The molecule has 72 valence electrons. The average molecular weight is 211 g/mol. The van der Waals surface area contributed by atoms with Gasteiger partial charge in [0.15, 0.2) is 5.15 Å². The largest absolute Gasteiger partial charge is 0.490 e. The maximum Gasteiger partial charge on any atom is 0.201 e. The highest BCUT2D eigenvalue weighted by molar-refractivity contribution is 6.31. The summed E-state index contributed by atoms with van der Waals surface area (Å²) in [7, 11) is 1.51. The van der Waals surface area contributed by atoms with Crippen LogP contribution in [0.2, 0.25) is 5.15 Å². The zero-order valence-electron chi connectivity index (χ0n) is 7.38. The molecule has 0 bridgehead atoms. The van der Waals surface area contributed by atoms with Gasteiger partial charge in [-0.25, -0.2) is 14.6 Å². The molecule has 0 saturated heterocycles. The Kier molecular flexibility index (Phi) is 2.32. The molecule has 2 aromatic rings. The second kappa shape index (κ2) is 3.63. The summed E-state index contributed by atoms with van der Waals surface area (Å²) in [6.07, 6.45) is 4.76. The normalized spacial score (nSPS) is 10.1. The molecule has 0 aliphatic rings. The van der Waals surface area contributed by atoms with E-state index >= 15 is 0 Å². The highest BCUT2D eigenvalue weighted by Gasteiger charge is 2.11. The number of methoxy groups -OCH3 is 1. The molecular formula is C8H7ClN4O. The highest BCUT2D eigenvalue weighted by atomic mass is 35.5. The Bertz CT molecular complexity index is 429. The van der Waals surface area contributed by atoms with Crippen molar-refractivity contribution in [2.45, 2.75) is 0 Å². The van der Waals surface area contributed by atoms with Gasteiger partial charge in [0.25, 0.3) is 0 Å². The van der Waals surface area contributed by atoms with Crippen LogP contribution >= 0.6 is 11.6 Å². The van der Waals surface area contributed by atoms with Crippen LogP contribution in [0.4, 0.5) is 0 Å². The summed E-state index contributed by atoms with van der Waals surface area (Å²) in [5.74, 6) is 0.940. The first kappa shape index (κ1) is 8.96. The van der Waals surface area contributed by atoms with Crippen molar-refractivity contribution in [2.24, 2.45) is 0 Å². The Morgan fingerprint density at radius 2 is 2.29 bits per heavy atom. The molecule has 14 heavy (non-hydrogen) atoms. The lowest BCUT2D eigenvalue weighted by atomic mass is 10.5. The molecule has 0 amide bonds. The van der Waals surface area contributed by atoms with Gasteiger partial charge in [-0.05, 0) is 6.07 Å². The molecule has 6 heteroatoms. The Balaban J connectivity index is 2.58. The molecule has 0 fully saturated rings. The SMILES string of the molecule is COc1c(Cl)ncnc1-n1cccn1. The first-order chi connectivity index (χ1) is 6.83. The van der Waals surface area contributed by atoms with Crippen molar-refractivity contribution in [3.63, 3.8) is 0 Å². The summed E-state index contributed by atoms with van der Waals surface area (Å²) in [6.45, 7) is 0. The number of halogens is 1. The Hall–Kier alpha value is -1.62.